The Labute approximate surface area is 734 Å². The second-order valence-corrected chi connectivity index (χ2v) is 33.9. The van der Waals surface area contributed by atoms with E-state index in [2.05, 4.69) is 33.8 Å². The van der Waals surface area contributed by atoms with Crippen LogP contribution in [-0.2, 0) is 55.6 Å². The predicted octanol–water partition coefficient (Wildman–Crippen LogP) is 10.0. The van der Waals surface area contributed by atoms with Gasteiger partial charge in [-0.05, 0) is 149 Å². The molecule has 2 saturated heterocycles. The van der Waals surface area contributed by atoms with Gasteiger partial charge < -0.3 is 36.2 Å². The summed E-state index contributed by atoms with van der Waals surface area (Å²) in [6, 6.07) is 17.4. The number of nitrogens with one attached hydrogen (secondary N) is 2. The van der Waals surface area contributed by atoms with Crippen LogP contribution in [0.2, 0.25) is 15.1 Å². The number of benzene rings is 4. The van der Waals surface area contributed by atoms with Crippen LogP contribution in [0.1, 0.15) is 210 Å². The minimum absolute atomic E-state index is 0.0239. The summed E-state index contributed by atoms with van der Waals surface area (Å²) in [7, 11) is -1.19. The number of fused-ring (bicyclic) bond motifs is 6. The van der Waals surface area contributed by atoms with Gasteiger partial charge in [-0.25, -0.2) is 14.4 Å². The van der Waals surface area contributed by atoms with Gasteiger partial charge in [-0.3, -0.25) is 115 Å². The van der Waals surface area contributed by atoms with Gasteiger partial charge in [0.2, 0.25) is 11.8 Å². The number of carboxylic acid groups (broad SMARTS) is 4. The van der Waals surface area contributed by atoms with Crippen LogP contribution in [0.3, 0.4) is 0 Å². The Kier molecular flexibility index (Phi) is 32.9. The number of aliphatic hydroxyl groups excluding tert-OH is 1. The molecule has 9 unspecified atom stereocenters. The number of Topliss-reactive ketones (excluding diaryl/α,β-unsaturated/α-hetero) is 2. The van der Waals surface area contributed by atoms with E-state index in [0.29, 0.717) is 23.6 Å². The van der Waals surface area contributed by atoms with Crippen LogP contribution < -0.4 is 10.6 Å². The number of aromatic nitrogens is 2. The van der Waals surface area contributed by atoms with Crippen molar-refractivity contribution in [2.75, 3.05) is 30.4 Å². The zero-order valence-electron chi connectivity index (χ0n) is 69.4. The number of halogens is 3. The lowest BCUT2D eigenvalue weighted by atomic mass is 9.89. The molecule has 125 heavy (non-hydrogen) atoms. The lowest BCUT2D eigenvalue weighted by molar-refractivity contribution is -0.146. The van der Waals surface area contributed by atoms with E-state index in [-0.39, 0.29) is 157 Å². The topological polar surface area (TPSA) is 495 Å². The van der Waals surface area contributed by atoms with E-state index >= 15 is 0 Å². The molecular formula is C87H91Cl3N10O24S. The van der Waals surface area contributed by atoms with E-state index in [1.807, 2.05) is 72.7 Å². The summed E-state index contributed by atoms with van der Waals surface area (Å²) in [6.07, 6.45) is 7.78. The highest BCUT2D eigenvalue weighted by molar-refractivity contribution is 7.84. The molecule has 2 aromatic heterocycles. The number of aliphatic hydroxyl groups is 1. The minimum Gasteiger partial charge on any atom is -0.511 e. The summed E-state index contributed by atoms with van der Waals surface area (Å²) in [5.74, 6) is -12.1. The molecule has 4 aromatic carbocycles. The smallest absolute Gasteiger partial charge is 0.326 e. The summed E-state index contributed by atoms with van der Waals surface area (Å²) in [5.41, 5.74) is 4.48. The van der Waals surface area contributed by atoms with Gasteiger partial charge in [0.05, 0.1) is 95.6 Å². The molecule has 34 nitrogen and oxygen atoms in total. The van der Waals surface area contributed by atoms with E-state index in [9.17, 15) is 111 Å². The highest BCUT2D eigenvalue weighted by atomic mass is 35.5. The van der Waals surface area contributed by atoms with E-state index in [0.717, 1.165) is 48.0 Å². The van der Waals surface area contributed by atoms with Crippen molar-refractivity contribution in [2.24, 2.45) is 29.6 Å². The standard InChI is InChI=1S/C20H25N3O3.C14H11Cl2NO5.C14H14ClNO4.C13H14N2O4.C13H14N2O3.C13H13NO5S/c1-12(2)22-15-6-4-14(5-7-15)10-18(24)13(3)23-19(25)16-8-9-21-11-17(16)20(23)26;1-6(18)11(2-3-12(19)20)17-13(21)7-4-9(15)10(16)5-8(7)14(17)22;1-7(2)5-11(14(19)20)16-12(17)9-4-3-8(15)6-10(9)13(16)18;1-7(2)5-10(13(18)19)15-11(16)8-3-4-14-6-9(8)12(15)17;1-7(2)11(8(3)16)15-12(17)9-4-5-14-6-10(9)13(15)18;1-20(19)7-6-10(13(17)18)14-11(15)8-4-2-3-5-9(8)12(14)16/h4-7,13,16-17,21-22H,1,8-11H2,2-3H3;4-5,11H,2-3H2,1H3,(H,19,20);3-4,6-7,11H,5H2,1-2H3,(H,19,20);3-4,6-7,10H,5H2,1-2H3,(H,18,19);4-7,11,16H,3H2,1-2H3;2-5,10H,6-7H2,1H3,(H,17,18). The molecule has 0 bridgehead atoms. The largest absolute Gasteiger partial charge is 0.511 e. The van der Waals surface area contributed by atoms with Crippen molar-refractivity contribution in [3.63, 3.8) is 0 Å². The van der Waals surface area contributed by atoms with Crippen LogP contribution >= 0.6 is 34.8 Å². The van der Waals surface area contributed by atoms with E-state index in [1.165, 1.54) is 97.5 Å². The Morgan fingerprint density at radius 3 is 1.32 bits per heavy atom. The van der Waals surface area contributed by atoms with Gasteiger partial charge >= 0.3 is 23.9 Å². The summed E-state index contributed by atoms with van der Waals surface area (Å²) in [5, 5.41) is 52.9. The van der Waals surface area contributed by atoms with Gasteiger partial charge in [-0.15, -0.1) is 0 Å². The molecule has 7 aliphatic rings. The zero-order chi connectivity index (χ0) is 92.9. The van der Waals surface area contributed by atoms with Crippen LogP contribution in [0, 0.1) is 29.6 Å². The molecule has 6 aromatic rings. The van der Waals surface area contributed by atoms with Gasteiger partial charge in [-0.1, -0.05) is 114 Å². The molecule has 13 rings (SSSR count). The lowest BCUT2D eigenvalue weighted by Gasteiger charge is -2.28. The number of carboxylic acids is 4. The van der Waals surface area contributed by atoms with E-state index in [4.69, 9.17) is 39.9 Å². The van der Waals surface area contributed by atoms with Crippen molar-refractivity contribution < 1.29 is 116 Å². The molecule has 12 amide bonds. The van der Waals surface area contributed by atoms with Crippen LogP contribution in [0.15, 0.2) is 140 Å². The summed E-state index contributed by atoms with van der Waals surface area (Å²) in [4.78, 5) is 230. The number of nitrogens with zero attached hydrogens (tertiary/aromatic N) is 8. The third-order valence-corrected chi connectivity index (χ3v) is 22.5. The molecule has 0 saturated carbocycles. The Morgan fingerprint density at radius 2 is 0.912 bits per heavy atom. The predicted molar refractivity (Wildman–Crippen MR) is 453 cm³/mol. The van der Waals surface area contributed by atoms with Crippen molar-refractivity contribution in [3.8, 4) is 0 Å². The lowest BCUT2D eigenvalue weighted by Crippen LogP contribution is -2.45. The zero-order valence-corrected chi connectivity index (χ0v) is 72.5. The van der Waals surface area contributed by atoms with Crippen LogP contribution in [0.5, 0.6) is 0 Å². The van der Waals surface area contributed by atoms with Gasteiger partial charge in [0.1, 0.15) is 23.9 Å². The number of aliphatic carboxylic acids is 4. The van der Waals surface area contributed by atoms with Crippen molar-refractivity contribution in [2.45, 2.75) is 144 Å². The monoisotopic (exact) mass is 1800 g/mol. The molecule has 0 radical (unpaired) electrons. The molecule has 0 spiro atoms. The van der Waals surface area contributed by atoms with Crippen LogP contribution in [-0.4, -0.2) is 237 Å². The third kappa shape index (κ3) is 22.3. The first-order valence-corrected chi connectivity index (χ1v) is 42.0. The number of anilines is 1. The maximum atomic E-state index is 12.7. The normalized spacial score (nSPS) is 17.5. The van der Waals surface area contributed by atoms with Crippen molar-refractivity contribution in [3.05, 3.63) is 217 Å². The van der Waals surface area contributed by atoms with Crippen LogP contribution in [0.25, 0.3) is 0 Å². The second-order valence-electron chi connectivity index (χ2n) is 31.1. The average molecular weight is 1800 g/mol. The Balaban J connectivity index is 0.000000187. The average Bonchev–Trinajstić information content (AvgIpc) is 1.65. The fourth-order valence-corrected chi connectivity index (χ4v) is 15.8. The maximum absolute atomic E-state index is 12.7. The Morgan fingerprint density at radius 1 is 0.504 bits per heavy atom. The van der Waals surface area contributed by atoms with Gasteiger partial charge in [-0.2, -0.15) is 0 Å². The number of allylic oxidation sites excluding steroid dienone is 1. The van der Waals surface area contributed by atoms with Gasteiger partial charge in [0.25, 0.3) is 59.1 Å². The first kappa shape index (κ1) is 97.7. The number of rotatable bonds is 27. The van der Waals surface area contributed by atoms with E-state index in [1.54, 1.807) is 19.1 Å². The number of likely N-dealkylation sites (tertiary alicyclic amines) is 1. The Bertz CT molecular complexity index is 5280. The van der Waals surface area contributed by atoms with Crippen molar-refractivity contribution in [1.29, 1.82) is 0 Å². The molecule has 7 aliphatic heterocycles. The molecule has 9 heterocycles. The summed E-state index contributed by atoms with van der Waals surface area (Å²) >= 11 is 17.5. The minimum atomic E-state index is -1.29. The number of pyridine rings is 2. The molecule has 0 aliphatic carbocycles. The number of imide groups is 6. The second kappa shape index (κ2) is 42.1. The van der Waals surface area contributed by atoms with Crippen molar-refractivity contribution in [1.82, 2.24) is 44.7 Å². The number of carbonyl (C=O) groups is 18. The Hall–Kier alpha value is -12.7. The van der Waals surface area contributed by atoms with Crippen LogP contribution in [0.4, 0.5) is 5.69 Å². The van der Waals surface area contributed by atoms with E-state index < -0.39 is 136 Å². The molecular weight excluding hydrogens is 1710 g/mol. The molecule has 38 heteroatoms. The molecule has 9 atom stereocenters. The molecule has 7 N–H and O–H groups in total. The summed E-state index contributed by atoms with van der Waals surface area (Å²) < 4.78 is 11.1. The maximum Gasteiger partial charge on any atom is 0.326 e. The quantitative estimate of drug-likeness (QED) is 0.0186. The molecule has 2 fully saturated rings. The highest BCUT2D eigenvalue weighted by Gasteiger charge is 2.52. The van der Waals surface area contributed by atoms with Gasteiger partial charge in [0.15, 0.2) is 11.6 Å². The van der Waals surface area contributed by atoms with Gasteiger partial charge in [0, 0.05) is 83.4 Å². The fourth-order valence-electron chi connectivity index (χ4n) is 14.8. The fraction of sp³-hybridized carbons (Fsp3) is 0.356. The third-order valence-electron chi connectivity index (χ3n) is 20.8. The summed E-state index contributed by atoms with van der Waals surface area (Å²) in [6.45, 7) is 24.2. The first-order chi connectivity index (χ1) is 58.7. The number of hydrogen-bond acceptors (Lipinski definition) is 24. The SMILES string of the molecule is C=C(C)Nc1ccc(CC(=O)C(C)N2C(=O)C3CCNCC3C2=O)cc1.C=C(O)C(C(C)C)N1C(=O)c2ccncc2C1=O.CC(=O)C(CCC(=O)O)N1C(=O)c2cc(Cl)c(Cl)cc2C1=O.CC(C)CC(C(=O)O)N1C(=O)c2ccc(Cl)cc2C1=O.CC(C)CC(C(=O)O)N1C(=O)c2ccncc2C1=O.CS(=O)CCC(C(=O)O)N1C(=O)c2ccccc2C1=O. The number of amides is 12. The number of piperidine rings is 1. The number of hydrogen-bond donors (Lipinski definition) is 7. The number of carbonyl (C=O) groups excluding carboxylic acids is 14. The molecule has 660 valence electrons. The number of ketones is 2. The van der Waals surface area contributed by atoms with Crippen molar-refractivity contribution >= 4 is 158 Å². The highest BCUT2D eigenvalue weighted by Crippen LogP contribution is 2.37. The first-order valence-electron chi connectivity index (χ1n) is 39.1.